The van der Waals surface area contributed by atoms with Crippen LogP contribution in [-0.2, 0) is 0 Å². The minimum Gasteiger partial charge on any atom is -0.266 e. The van der Waals surface area contributed by atoms with Gasteiger partial charge in [-0.15, -0.1) is 6.42 Å². The van der Waals surface area contributed by atoms with E-state index in [4.69, 9.17) is 16.9 Å². The summed E-state index contributed by atoms with van der Waals surface area (Å²) >= 11 is 0. The Balaban J connectivity index is 2.54. The van der Waals surface area contributed by atoms with Gasteiger partial charge >= 0.3 is 0 Å². The molecule has 0 bridgehead atoms. The van der Waals surface area contributed by atoms with Gasteiger partial charge in [0.05, 0.1) is 51.8 Å². The summed E-state index contributed by atoms with van der Waals surface area (Å²) in [4.78, 5) is 5.94. The molecule has 78 valence electrons. The largest absolute Gasteiger partial charge is 0.266 e. The average Bonchev–Trinajstić information content (AvgIpc) is 2.19. The van der Waals surface area contributed by atoms with Gasteiger partial charge in [-0.05, 0) is 0 Å². The molecule has 0 spiro atoms. The summed E-state index contributed by atoms with van der Waals surface area (Å²) < 4.78 is 0. The third-order valence-corrected chi connectivity index (χ3v) is 2.10. The predicted octanol–water partition coefficient (Wildman–Crippen LogP) is -0.541. The van der Waals surface area contributed by atoms with Gasteiger partial charge in [0, 0.05) is 0 Å². The number of terminal acetylenes is 1. The van der Waals surface area contributed by atoms with Crippen molar-refractivity contribution in [3.05, 3.63) is 0 Å². The number of hydrogen-bond donors (Lipinski definition) is 0. The molecule has 0 radical (unpaired) electrons. The van der Waals surface area contributed by atoms with Crippen molar-refractivity contribution >= 4 is 0 Å². The second kappa shape index (κ2) is 6.01. The highest BCUT2D eigenvalue weighted by molar-refractivity contribution is 4.90. The molecule has 0 unspecified atom stereocenters. The maximum absolute atomic E-state index is 8.62. The van der Waals surface area contributed by atoms with Crippen LogP contribution in [0.4, 0.5) is 0 Å². The Hall–Kier alpha value is -1.58. The van der Waals surface area contributed by atoms with Crippen LogP contribution in [0, 0.1) is 35.0 Å². The van der Waals surface area contributed by atoms with Crippen LogP contribution in [-0.4, -0.2) is 54.3 Å². The molecule has 5 nitrogen and oxygen atoms in total. The first-order chi connectivity index (χ1) is 7.30. The summed E-state index contributed by atoms with van der Waals surface area (Å²) in [5, 5.41) is 17.2. The van der Waals surface area contributed by atoms with E-state index in [1.165, 1.54) is 0 Å². The van der Waals surface area contributed by atoms with Crippen LogP contribution >= 0.6 is 0 Å². The van der Waals surface area contributed by atoms with Gasteiger partial charge in [-0.3, -0.25) is 14.7 Å². The molecule has 15 heavy (non-hydrogen) atoms. The number of nitrogens with zero attached hydrogens (tertiary/aromatic N) is 5. The van der Waals surface area contributed by atoms with Crippen molar-refractivity contribution in [1.29, 1.82) is 10.5 Å². The first-order valence-corrected chi connectivity index (χ1v) is 4.64. The minimum absolute atomic E-state index is 0.364. The molecule has 5 heteroatoms. The summed E-state index contributed by atoms with van der Waals surface area (Å²) in [6.45, 7) is 3.32. The molecule has 1 heterocycles. The highest BCUT2D eigenvalue weighted by Crippen LogP contribution is 2.05. The zero-order chi connectivity index (χ0) is 11.1. The second-order valence-electron chi connectivity index (χ2n) is 3.43. The zero-order valence-corrected chi connectivity index (χ0v) is 8.56. The second-order valence-corrected chi connectivity index (χ2v) is 3.43. The fraction of sp³-hybridized carbons (Fsp3) is 0.600. The first kappa shape index (κ1) is 11.5. The van der Waals surface area contributed by atoms with Crippen LogP contribution in [0.5, 0.6) is 0 Å². The number of nitriles is 2. The quantitative estimate of drug-likeness (QED) is 0.455. The van der Waals surface area contributed by atoms with Crippen molar-refractivity contribution in [3.8, 4) is 24.5 Å². The summed E-state index contributed by atoms with van der Waals surface area (Å²) in [5.41, 5.74) is 0. The highest BCUT2D eigenvalue weighted by atomic mass is 15.5. The summed E-state index contributed by atoms with van der Waals surface area (Å²) in [7, 11) is 0. The van der Waals surface area contributed by atoms with Crippen LogP contribution in [0.25, 0.3) is 0 Å². The third-order valence-electron chi connectivity index (χ3n) is 2.10. The van der Waals surface area contributed by atoms with E-state index < -0.39 is 0 Å². The van der Waals surface area contributed by atoms with E-state index in [1.807, 2.05) is 14.7 Å². The molecule has 0 saturated carbocycles. The van der Waals surface area contributed by atoms with E-state index in [0.29, 0.717) is 39.6 Å². The molecular formula is C10H13N5. The van der Waals surface area contributed by atoms with Crippen molar-refractivity contribution in [2.75, 3.05) is 39.6 Å². The molecule has 0 atom stereocenters. The van der Waals surface area contributed by atoms with Gasteiger partial charge in [0.1, 0.15) is 0 Å². The highest BCUT2D eigenvalue weighted by Gasteiger charge is 2.21. The maximum atomic E-state index is 8.62. The van der Waals surface area contributed by atoms with Gasteiger partial charge in [-0.1, -0.05) is 5.92 Å². The summed E-state index contributed by atoms with van der Waals surface area (Å²) in [5.74, 6) is 2.57. The van der Waals surface area contributed by atoms with Crippen molar-refractivity contribution < 1.29 is 0 Å². The molecule has 0 N–H and O–H groups in total. The monoisotopic (exact) mass is 203 g/mol. The Morgan fingerprint density at radius 2 is 1.27 bits per heavy atom. The van der Waals surface area contributed by atoms with E-state index in [1.54, 1.807) is 0 Å². The molecule has 0 aliphatic carbocycles. The fourth-order valence-electron chi connectivity index (χ4n) is 1.61. The minimum atomic E-state index is 0.364. The number of hydrogen-bond acceptors (Lipinski definition) is 5. The molecule has 0 aromatic rings. The molecule has 0 aromatic heterocycles. The topological polar surface area (TPSA) is 57.3 Å². The van der Waals surface area contributed by atoms with E-state index in [9.17, 15) is 0 Å². The zero-order valence-electron chi connectivity index (χ0n) is 8.56. The Bertz CT molecular complexity index is 260. The van der Waals surface area contributed by atoms with Crippen LogP contribution < -0.4 is 0 Å². The molecule has 1 fully saturated rings. The van der Waals surface area contributed by atoms with Crippen molar-refractivity contribution in [2.45, 2.75) is 0 Å². The fourth-order valence-corrected chi connectivity index (χ4v) is 1.61. The lowest BCUT2D eigenvalue weighted by atomic mass is 10.4. The smallest absolute Gasteiger partial charge is 0.0886 e. The van der Waals surface area contributed by atoms with Crippen LogP contribution in [0.2, 0.25) is 0 Å². The Kier molecular flexibility index (Phi) is 4.60. The van der Waals surface area contributed by atoms with Crippen LogP contribution in [0.15, 0.2) is 0 Å². The number of rotatable bonds is 3. The van der Waals surface area contributed by atoms with Crippen LogP contribution in [0.1, 0.15) is 0 Å². The van der Waals surface area contributed by atoms with Crippen molar-refractivity contribution in [2.24, 2.45) is 0 Å². The molecule has 1 aliphatic heterocycles. The Morgan fingerprint density at radius 1 is 0.867 bits per heavy atom. The van der Waals surface area contributed by atoms with Gasteiger partial charge in [0.25, 0.3) is 0 Å². The first-order valence-electron chi connectivity index (χ1n) is 4.64. The predicted molar refractivity (Wildman–Crippen MR) is 54.8 cm³/mol. The Morgan fingerprint density at radius 3 is 1.60 bits per heavy atom. The van der Waals surface area contributed by atoms with Gasteiger partial charge in [-0.25, -0.2) is 0 Å². The van der Waals surface area contributed by atoms with E-state index >= 15 is 0 Å². The van der Waals surface area contributed by atoms with E-state index in [2.05, 4.69) is 18.1 Å². The lowest BCUT2D eigenvalue weighted by Gasteiger charge is -2.39. The van der Waals surface area contributed by atoms with Crippen molar-refractivity contribution in [3.63, 3.8) is 0 Å². The molecule has 1 saturated heterocycles. The lowest BCUT2D eigenvalue weighted by Crippen LogP contribution is -2.54. The van der Waals surface area contributed by atoms with Crippen molar-refractivity contribution in [1.82, 2.24) is 14.7 Å². The van der Waals surface area contributed by atoms with E-state index in [0.717, 1.165) is 0 Å². The van der Waals surface area contributed by atoms with Crippen LogP contribution in [0.3, 0.4) is 0 Å². The van der Waals surface area contributed by atoms with Gasteiger partial charge in [0.15, 0.2) is 0 Å². The normalized spacial score (nSPS) is 19.0. The SMILES string of the molecule is C#CCN1CN(CC#N)CN(CC#N)C1. The summed E-state index contributed by atoms with van der Waals surface area (Å²) in [6.07, 6.45) is 5.24. The third kappa shape index (κ3) is 3.58. The van der Waals surface area contributed by atoms with E-state index in [-0.39, 0.29) is 0 Å². The maximum Gasteiger partial charge on any atom is 0.0886 e. The molecule has 0 aromatic carbocycles. The molecule has 1 aliphatic rings. The summed E-state index contributed by atoms with van der Waals surface area (Å²) in [6, 6.07) is 4.20. The molecule has 0 amide bonds. The lowest BCUT2D eigenvalue weighted by molar-refractivity contribution is -0.00841. The standard InChI is InChI=1S/C10H13N5/c1-2-5-13-8-14(6-3-11)10-15(9-13)7-4-12/h1H,5-10H2. The van der Waals surface area contributed by atoms with Gasteiger partial charge in [0.2, 0.25) is 0 Å². The van der Waals surface area contributed by atoms with Gasteiger partial charge < -0.3 is 0 Å². The average molecular weight is 203 g/mol. The Labute approximate surface area is 90.1 Å². The van der Waals surface area contributed by atoms with Gasteiger partial charge in [-0.2, -0.15) is 10.5 Å². The molecular weight excluding hydrogens is 190 g/mol. The molecule has 1 rings (SSSR count).